The molecule has 0 aliphatic carbocycles. The highest BCUT2D eigenvalue weighted by molar-refractivity contribution is 6.31. The highest BCUT2D eigenvalue weighted by atomic mass is 35.5. The average molecular weight is 459 g/mol. The zero-order valence-corrected chi connectivity index (χ0v) is 17.5. The molecule has 0 saturated heterocycles. The molecule has 0 unspecified atom stereocenters. The van der Waals surface area contributed by atoms with Gasteiger partial charge < -0.3 is 5.11 Å². The minimum atomic E-state index is -1.33. The molecule has 31 heavy (non-hydrogen) atoms. The number of carboxylic acids is 1. The molecular formula is C23H14Cl2F2N2O2. The second-order valence-corrected chi connectivity index (χ2v) is 7.71. The number of carboxylic acid groups (broad SMARTS) is 1. The number of aromatic carboxylic acids is 1. The van der Waals surface area contributed by atoms with Crippen LogP contribution >= 0.6 is 23.2 Å². The summed E-state index contributed by atoms with van der Waals surface area (Å²) >= 11 is 12.1. The van der Waals surface area contributed by atoms with E-state index < -0.39 is 17.6 Å². The predicted molar refractivity (Wildman–Crippen MR) is 116 cm³/mol. The van der Waals surface area contributed by atoms with Crippen molar-refractivity contribution >= 4 is 29.2 Å². The molecule has 4 rings (SSSR count). The normalized spacial score (nSPS) is 11.0. The lowest BCUT2D eigenvalue weighted by atomic mass is 10.1. The summed E-state index contributed by atoms with van der Waals surface area (Å²) in [5.74, 6) is -2.44. The molecule has 0 amide bonds. The van der Waals surface area contributed by atoms with Gasteiger partial charge in [-0.25, -0.2) is 18.6 Å². The third-order valence-corrected chi connectivity index (χ3v) is 5.26. The van der Waals surface area contributed by atoms with E-state index in [1.807, 2.05) is 19.1 Å². The summed E-state index contributed by atoms with van der Waals surface area (Å²) in [5.41, 5.74) is 1.52. The number of aryl methyl sites for hydroxylation is 1. The fourth-order valence-corrected chi connectivity index (χ4v) is 3.61. The Hall–Kier alpha value is -3.22. The fourth-order valence-electron chi connectivity index (χ4n) is 3.27. The summed E-state index contributed by atoms with van der Waals surface area (Å²) < 4.78 is 30.1. The highest BCUT2D eigenvalue weighted by Gasteiger charge is 2.27. The summed E-state index contributed by atoms with van der Waals surface area (Å²) in [7, 11) is 0. The van der Waals surface area contributed by atoms with Crippen LogP contribution in [0.15, 0.2) is 60.7 Å². The lowest BCUT2D eigenvalue weighted by Gasteiger charge is -2.14. The van der Waals surface area contributed by atoms with E-state index in [-0.39, 0.29) is 38.5 Å². The first kappa shape index (κ1) is 21.0. The first-order valence-electron chi connectivity index (χ1n) is 9.10. The molecule has 1 heterocycles. The number of nitrogens with zero attached hydrogens (tertiary/aromatic N) is 2. The second-order valence-electron chi connectivity index (χ2n) is 6.86. The molecular weight excluding hydrogens is 445 g/mol. The maximum absolute atomic E-state index is 14.9. The minimum absolute atomic E-state index is 0.00137. The number of benzene rings is 3. The predicted octanol–water partition coefficient (Wildman–Crippen LogP) is 6.80. The molecule has 1 aromatic heterocycles. The van der Waals surface area contributed by atoms with Crippen molar-refractivity contribution in [3.8, 4) is 28.3 Å². The van der Waals surface area contributed by atoms with E-state index in [4.69, 9.17) is 23.2 Å². The number of carbonyl (C=O) groups is 1. The van der Waals surface area contributed by atoms with Gasteiger partial charge in [0.2, 0.25) is 0 Å². The van der Waals surface area contributed by atoms with Gasteiger partial charge in [-0.1, -0.05) is 53.0 Å². The van der Waals surface area contributed by atoms with Crippen LogP contribution in [0.5, 0.6) is 0 Å². The molecule has 0 saturated carbocycles. The lowest BCUT2D eigenvalue weighted by Crippen LogP contribution is -2.05. The van der Waals surface area contributed by atoms with Crippen molar-refractivity contribution in [2.45, 2.75) is 6.92 Å². The minimum Gasteiger partial charge on any atom is -0.476 e. The van der Waals surface area contributed by atoms with Crippen LogP contribution in [0.4, 0.5) is 8.78 Å². The summed E-state index contributed by atoms with van der Waals surface area (Å²) in [5, 5.41) is 9.89. The third kappa shape index (κ3) is 3.92. The molecule has 4 aromatic rings. The number of halogens is 4. The average Bonchev–Trinajstić information content (AvgIpc) is 3.13. The van der Waals surface area contributed by atoms with E-state index in [1.54, 1.807) is 12.1 Å². The molecule has 0 spiro atoms. The molecule has 0 aliphatic heterocycles. The Labute approximate surface area is 186 Å². The SMILES string of the molecule is Cc1ccc(-c2nc(C(=O)O)c(-c3ccc(F)c(Cl)c3)n2-c2cc(Cl)ccc2F)cc1. The first-order chi connectivity index (χ1) is 14.8. The van der Waals surface area contributed by atoms with Crippen LogP contribution in [0.3, 0.4) is 0 Å². The van der Waals surface area contributed by atoms with Crippen LogP contribution in [0, 0.1) is 18.6 Å². The Morgan fingerprint density at radius 3 is 2.23 bits per heavy atom. The molecule has 156 valence electrons. The molecule has 3 aromatic carbocycles. The molecule has 1 N–H and O–H groups in total. The van der Waals surface area contributed by atoms with E-state index in [2.05, 4.69) is 4.98 Å². The zero-order chi connectivity index (χ0) is 22.3. The van der Waals surface area contributed by atoms with Gasteiger partial charge in [0, 0.05) is 16.1 Å². The van der Waals surface area contributed by atoms with Crippen LogP contribution in [0.25, 0.3) is 28.3 Å². The molecule has 8 heteroatoms. The summed E-state index contributed by atoms with van der Waals surface area (Å²) in [4.78, 5) is 16.4. The van der Waals surface area contributed by atoms with Crippen LogP contribution < -0.4 is 0 Å². The largest absolute Gasteiger partial charge is 0.476 e. The van der Waals surface area contributed by atoms with Gasteiger partial charge in [0.15, 0.2) is 5.69 Å². The van der Waals surface area contributed by atoms with Crippen LogP contribution in [0.2, 0.25) is 10.0 Å². The van der Waals surface area contributed by atoms with E-state index in [1.165, 1.54) is 34.9 Å². The smallest absolute Gasteiger partial charge is 0.356 e. The summed E-state index contributed by atoms with van der Waals surface area (Å²) in [6.07, 6.45) is 0. The number of hydrogen-bond donors (Lipinski definition) is 1. The van der Waals surface area contributed by atoms with Crippen molar-refractivity contribution in [1.29, 1.82) is 0 Å². The Morgan fingerprint density at radius 1 is 0.935 bits per heavy atom. The molecule has 0 fully saturated rings. The quantitative estimate of drug-likeness (QED) is 0.365. The van der Waals surface area contributed by atoms with E-state index in [9.17, 15) is 18.7 Å². The highest BCUT2D eigenvalue weighted by Crippen LogP contribution is 2.36. The van der Waals surface area contributed by atoms with Gasteiger partial charge in [-0.3, -0.25) is 4.57 Å². The van der Waals surface area contributed by atoms with Crippen molar-refractivity contribution in [2.24, 2.45) is 0 Å². The molecule has 0 radical (unpaired) electrons. The van der Waals surface area contributed by atoms with Crippen molar-refractivity contribution in [3.63, 3.8) is 0 Å². The topological polar surface area (TPSA) is 55.1 Å². The number of aromatic nitrogens is 2. The standard InChI is InChI=1S/C23H14Cl2F2N2O2/c1-12-2-4-13(5-3-12)22-28-20(23(30)31)21(14-6-8-17(26)16(25)10-14)29(22)19-11-15(24)7-9-18(19)27/h2-11H,1H3,(H,30,31). The van der Waals surface area contributed by atoms with Gasteiger partial charge in [-0.15, -0.1) is 0 Å². The third-order valence-electron chi connectivity index (χ3n) is 4.73. The Kier molecular flexibility index (Phi) is 5.52. The monoisotopic (exact) mass is 458 g/mol. The van der Waals surface area contributed by atoms with Crippen molar-refractivity contribution < 1.29 is 18.7 Å². The zero-order valence-electron chi connectivity index (χ0n) is 16.0. The van der Waals surface area contributed by atoms with Crippen LogP contribution in [0.1, 0.15) is 16.1 Å². The van der Waals surface area contributed by atoms with Gasteiger partial charge >= 0.3 is 5.97 Å². The van der Waals surface area contributed by atoms with Crippen molar-refractivity contribution in [3.05, 3.63) is 93.6 Å². The van der Waals surface area contributed by atoms with Gasteiger partial charge in [-0.05, 0) is 43.3 Å². The van der Waals surface area contributed by atoms with E-state index >= 15 is 0 Å². The number of hydrogen-bond acceptors (Lipinski definition) is 2. The van der Waals surface area contributed by atoms with E-state index in [0.29, 0.717) is 5.56 Å². The van der Waals surface area contributed by atoms with Crippen molar-refractivity contribution in [1.82, 2.24) is 9.55 Å². The fraction of sp³-hybridized carbons (Fsp3) is 0.0435. The van der Waals surface area contributed by atoms with Gasteiger partial charge in [0.1, 0.15) is 17.5 Å². The van der Waals surface area contributed by atoms with Gasteiger partial charge in [0.05, 0.1) is 16.4 Å². The first-order valence-corrected chi connectivity index (χ1v) is 9.86. The second kappa shape index (κ2) is 8.13. The molecule has 0 atom stereocenters. The Bertz CT molecular complexity index is 1320. The molecule has 0 bridgehead atoms. The van der Waals surface area contributed by atoms with Gasteiger partial charge in [-0.2, -0.15) is 0 Å². The molecule has 0 aliphatic rings. The summed E-state index contributed by atoms with van der Waals surface area (Å²) in [6.45, 7) is 1.90. The van der Waals surface area contributed by atoms with Crippen molar-refractivity contribution in [2.75, 3.05) is 0 Å². The van der Waals surface area contributed by atoms with Crippen LogP contribution in [-0.4, -0.2) is 20.6 Å². The maximum Gasteiger partial charge on any atom is 0.356 e. The number of rotatable bonds is 4. The maximum atomic E-state index is 14.9. The Balaban J connectivity index is 2.14. The van der Waals surface area contributed by atoms with Gasteiger partial charge in [0.25, 0.3) is 0 Å². The Morgan fingerprint density at radius 2 is 1.58 bits per heavy atom. The lowest BCUT2D eigenvalue weighted by molar-refractivity contribution is 0.0692. The van der Waals surface area contributed by atoms with Crippen LogP contribution in [-0.2, 0) is 0 Å². The van der Waals surface area contributed by atoms with E-state index in [0.717, 1.165) is 11.6 Å². The number of imidazole rings is 1. The molecule has 4 nitrogen and oxygen atoms in total. The summed E-state index contributed by atoms with van der Waals surface area (Å²) in [6, 6.07) is 14.9.